The van der Waals surface area contributed by atoms with Crippen molar-refractivity contribution in [2.45, 2.75) is 0 Å². The van der Waals surface area contributed by atoms with Crippen molar-refractivity contribution in [3.8, 4) is 17.7 Å². The van der Waals surface area contributed by atoms with Gasteiger partial charge in [0.1, 0.15) is 6.07 Å². The van der Waals surface area contributed by atoms with Gasteiger partial charge in [0.25, 0.3) is 5.89 Å². The Bertz CT molecular complexity index is 589. The number of anilines is 1. The van der Waals surface area contributed by atoms with Gasteiger partial charge in [-0.3, -0.25) is 0 Å². The fourth-order valence-corrected chi connectivity index (χ4v) is 2.11. The van der Waals surface area contributed by atoms with E-state index in [4.69, 9.17) is 8.83 Å². The second-order valence-electron chi connectivity index (χ2n) is 4.55. The first-order valence-corrected chi connectivity index (χ1v) is 6.16. The number of piperazine rings is 1. The van der Waals surface area contributed by atoms with E-state index in [1.54, 1.807) is 18.4 Å². The highest BCUT2D eigenvalue weighted by Gasteiger charge is 2.23. The molecule has 6 heteroatoms. The lowest BCUT2D eigenvalue weighted by molar-refractivity contribution is 0.306. The summed E-state index contributed by atoms with van der Waals surface area (Å²) >= 11 is 0. The van der Waals surface area contributed by atoms with Crippen molar-refractivity contribution in [2.75, 3.05) is 38.1 Å². The summed E-state index contributed by atoms with van der Waals surface area (Å²) in [5.74, 6) is 1.44. The van der Waals surface area contributed by atoms with Gasteiger partial charge in [0.15, 0.2) is 5.76 Å². The van der Waals surface area contributed by atoms with Crippen LogP contribution in [0, 0.1) is 11.3 Å². The number of aromatic nitrogens is 1. The molecular formula is C13H14N4O2. The summed E-state index contributed by atoms with van der Waals surface area (Å²) in [5.41, 5.74) is 0.316. The van der Waals surface area contributed by atoms with Crippen molar-refractivity contribution < 1.29 is 8.83 Å². The predicted molar refractivity (Wildman–Crippen MR) is 68.6 cm³/mol. The summed E-state index contributed by atoms with van der Waals surface area (Å²) in [6, 6.07) is 5.61. The molecule has 1 aliphatic heterocycles. The van der Waals surface area contributed by atoms with Gasteiger partial charge in [0.2, 0.25) is 11.6 Å². The highest BCUT2D eigenvalue weighted by molar-refractivity contribution is 5.55. The van der Waals surface area contributed by atoms with Crippen LogP contribution in [0.25, 0.3) is 11.7 Å². The molecule has 6 nitrogen and oxygen atoms in total. The second kappa shape index (κ2) is 4.78. The van der Waals surface area contributed by atoms with E-state index in [1.165, 1.54) is 0 Å². The zero-order valence-corrected chi connectivity index (χ0v) is 10.7. The van der Waals surface area contributed by atoms with Crippen LogP contribution < -0.4 is 4.90 Å². The van der Waals surface area contributed by atoms with E-state index in [1.807, 2.05) is 0 Å². The molecule has 0 bridgehead atoms. The lowest BCUT2D eigenvalue weighted by atomic mass is 10.3. The first-order chi connectivity index (χ1) is 9.28. The number of hydrogen-bond donors (Lipinski definition) is 0. The Hall–Kier alpha value is -2.26. The minimum absolute atomic E-state index is 0.316. The number of hydrogen-bond acceptors (Lipinski definition) is 6. The zero-order valence-electron chi connectivity index (χ0n) is 10.7. The van der Waals surface area contributed by atoms with Gasteiger partial charge in [-0.25, -0.2) is 0 Å². The maximum Gasteiger partial charge on any atom is 0.266 e. The largest absolute Gasteiger partial charge is 0.459 e. The molecule has 2 aromatic rings. The Morgan fingerprint density at radius 1 is 1.32 bits per heavy atom. The Morgan fingerprint density at radius 2 is 2.11 bits per heavy atom. The lowest BCUT2D eigenvalue weighted by Gasteiger charge is -2.31. The first-order valence-electron chi connectivity index (χ1n) is 6.16. The van der Waals surface area contributed by atoms with Gasteiger partial charge in [-0.1, -0.05) is 0 Å². The number of oxazole rings is 1. The van der Waals surface area contributed by atoms with Crippen LogP contribution in [0.3, 0.4) is 0 Å². The van der Waals surface area contributed by atoms with Gasteiger partial charge in [-0.05, 0) is 19.2 Å². The van der Waals surface area contributed by atoms with Gasteiger partial charge in [-0.2, -0.15) is 10.2 Å². The van der Waals surface area contributed by atoms with Crippen LogP contribution in [0.15, 0.2) is 27.2 Å². The van der Waals surface area contributed by atoms with Crippen LogP contribution in [0.5, 0.6) is 0 Å². The quantitative estimate of drug-likeness (QED) is 0.814. The van der Waals surface area contributed by atoms with Crippen LogP contribution in [-0.4, -0.2) is 43.1 Å². The smallest absolute Gasteiger partial charge is 0.266 e. The normalized spacial score (nSPS) is 16.5. The Balaban J connectivity index is 1.91. The summed E-state index contributed by atoms with van der Waals surface area (Å²) in [4.78, 5) is 8.48. The first kappa shape index (κ1) is 11.8. The molecule has 0 spiro atoms. The summed E-state index contributed by atoms with van der Waals surface area (Å²) in [6.07, 6.45) is 1.56. The molecule has 0 amide bonds. The zero-order chi connectivity index (χ0) is 13.2. The summed E-state index contributed by atoms with van der Waals surface area (Å²) in [7, 11) is 2.08. The van der Waals surface area contributed by atoms with Gasteiger partial charge >= 0.3 is 0 Å². The van der Waals surface area contributed by atoms with Crippen LogP contribution in [0.4, 0.5) is 5.88 Å². The maximum absolute atomic E-state index is 9.17. The summed E-state index contributed by atoms with van der Waals surface area (Å²) in [6.45, 7) is 3.55. The van der Waals surface area contributed by atoms with Crippen LogP contribution in [0.1, 0.15) is 5.69 Å². The predicted octanol–water partition coefficient (Wildman–Crippen LogP) is 1.56. The molecule has 19 heavy (non-hydrogen) atoms. The molecule has 0 unspecified atom stereocenters. The monoisotopic (exact) mass is 258 g/mol. The van der Waals surface area contributed by atoms with Crippen LogP contribution >= 0.6 is 0 Å². The minimum atomic E-state index is 0.316. The van der Waals surface area contributed by atoms with Crippen molar-refractivity contribution >= 4 is 5.88 Å². The van der Waals surface area contributed by atoms with E-state index in [0.717, 1.165) is 26.2 Å². The molecular weight excluding hydrogens is 244 g/mol. The van der Waals surface area contributed by atoms with Crippen molar-refractivity contribution in [2.24, 2.45) is 0 Å². The van der Waals surface area contributed by atoms with E-state index in [0.29, 0.717) is 23.2 Å². The second-order valence-corrected chi connectivity index (χ2v) is 4.55. The molecule has 0 N–H and O–H groups in total. The number of rotatable bonds is 2. The van der Waals surface area contributed by atoms with Crippen LogP contribution in [-0.2, 0) is 0 Å². The topological polar surface area (TPSA) is 69.4 Å². The minimum Gasteiger partial charge on any atom is -0.459 e. The molecule has 0 atom stereocenters. The van der Waals surface area contributed by atoms with E-state index in [-0.39, 0.29) is 0 Å². The lowest BCUT2D eigenvalue weighted by Crippen LogP contribution is -2.44. The number of nitrogens with zero attached hydrogens (tertiary/aromatic N) is 4. The molecule has 0 radical (unpaired) electrons. The SMILES string of the molecule is CN1CCN(c2oc(-c3ccco3)nc2C#N)CC1. The highest BCUT2D eigenvalue weighted by Crippen LogP contribution is 2.28. The van der Waals surface area contributed by atoms with E-state index >= 15 is 0 Å². The third-order valence-electron chi connectivity index (χ3n) is 3.24. The fourth-order valence-electron chi connectivity index (χ4n) is 2.11. The number of nitriles is 1. The third-order valence-corrected chi connectivity index (χ3v) is 3.24. The highest BCUT2D eigenvalue weighted by atomic mass is 16.4. The summed E-state index contributed by atoms with van der Waals surface area (Å²) < 4.78 is 10.9. The van der Waals surface area contributed by atoms with Crippen molar-refractivity contribution in [1.29, 1.82) is 5.26 Å². The standard InChI is InChI=1S/C13H14N4O2/c1-16-4-6-17(7-5-16)13-10(9-14)15-12(19-13)11-3-2-8-18-11/h2-3,8H,4-7H2,1H3. The average molecular weight is 258 g/mol. The molecule has 0 aromatic carbocycles. The van der Waals surface area contributed by atoms with Gasteiger partial charge in [0, 0.05) is 26.2 Å². The molecule has 3 heterocycles. The molecule has 3 rings (SSSR count). The molecule has 1 aliphatic rings. The van der Waals surface area contributed by atoms with Crippen molar-refractivity contribution in [3.63, 3.8) is 0 Å². The molecule has 1 saturated heterocycles. The molecule has 0 aliphatic carbocycles. The Kier molecular flexibility index (Phi) is 2.97. The van der Waals surface area contributed by atoms with E-state index in [9.17, 15) is 5.26 Å². The Labute approximate surface area is 110 Å². The van der Waals surface area contributed by atoms with E-state index < -0.39 is 0 Å². The molecule has 0 saturated carbocycles. The van der Waals surface area contributed by atoms with Gasteiger partial charge < -0.3 is 18.6 Å². The van der Waals surface area contributed by atoms with Crippen LogP contribution in [0.2, 0.25) is 0 Å². The van der Waals surface area contributed by atoms with E-state index in [2.05, 4.69) is 27.9 Å². The molecule has 2 aromatic heterocycles. The molecule has 98 valence electrons. The third kappa shape index (κ3) is 2.20. The maximum atomic E-state index is 9.17. The van der Waals surface area contributed by atoms with Gasteiger partial charge in [0.05, 0.1) is 6.26 Å². The fraction of sp³-hybridized carbons (Fsp3) is 0.385. The van der Waals surface area contributed by atoms with Crippen molar-refractivity contribution in [3.05, 3.63) is 24.1 Å². The van der Waals surface area contributed by atoms with Crippen molar-refractivity contribution in [1.82, 2.24) is 9.88 Å². The number of furan rings is 1. The van der Waals surface area contributed by atoms with Gasteiger partial charge in [-0.15, -0.1) is 0 Å². The molecule has 1 fully saturated rings. The average Bonchev–Trinajstić information content (AvgIpc) is 3.08. The number of likely N-dealkylation sites (N-methyl/N-ethyl adjacent to an activating group) is 1. The summed E-state index contributed by atoms with van der Waals surface area (Å²) in [5, 5.41) is 9.17. The Morgan fingerprint density at radius 3 is 2.74 bits per heavy atom.